The van der Waals surface area contributed by atoms with Crippen LogP contribution in [0.3, 0.4) is 0 Å². The molecule has 106 valence electrons. The molecule has 0 aromatic carbocycles. The van der Waals surface area contributed by atoms with Crippen molar-refractivity contribution in [2.45, 2.75) is 69.1 Å². The van der Waals surface area contributed by atoms with Crippen molar-refractivity contribution in [3.8, 4) is 0 Å². The van der Waals surface area contributed by atoms with Gasteiger partial charge in [-0.25, -0.2) is 8.42 Å². The number of rotatable bonds is 3. The molecule has 0 aromatic rings. The van der Waals surface area contributed by atoms with E-state index in [0.717, 1.165) is 38.0 Å². The van der Waals surface area contributed by atoms with Crippen LogP contribution in [0.4, 0.5) is 0 Å². The fourth-order valence-electron chi connectivity index (χ4n) is 4.10. The highest BCUT2D eigenvalue weighted by atomic mass is 32.2. The summed E-state index contributed by atoms with van der Waals surface area (Å²) in [7, 11) is -3.13. The molecular weight excluding hydrogens is 248 g/mol. The van der Waals surface area contributed by atoms with Gasteiger partial charge < -0.3 is 5.11 Å². The van der Waals surface area contributed by atoms with Gasteiger partial charge in [0.1, 0.15) is 0 Å². The zero-order chi connectivity index (χ0) is 13.4. The van der Waals surface area contributed by atoms with Crippen LogP contribution >= 0.6 is 0 Å². The monoisotopic (exact) mass is 274 g/mol. The Morgan fingerprint density at radius 1 is 1.17 bits per heavy atom. The highest BCUT2D eigenvalue weighted by Crippen LogP contribution is 2.46. The third-order valence-corrected chi connectivity index (χ3v) is 6.93. The van der Waals surface area contributed by atoms with Gasteiger partial charge in [0.15, 0.2) is 9.84 Å². The molecule has 0 spiro atoms. The van der Waals surface area contributed by atoms with Crippen LogP contribution in [0.25, 0.3) is 0 Å². The minimum absolute atomic E-state index is 0.197. The molecule has 3 nitrogen and oxygen atoms in total. The Balaban J connectivity index is 2.11. The quantitative estimate of drug-likeness (QED) is 0.860. The second kappa shape index (κ2) is 5.12. The summed E-state index contributed by atoms with van der Waals surface area (Å²) in [5.41, 5.74) is -0.938. The Morgan fingerprint density at radius 3 is 2.28 bits per heavy atom. The Kier molecular flexibility index (Phi) is 4.07. The van der Waals surface area contributed by atoms with Crippen LogP contribution in [0, 0.1) is 11.8 Å². The molecule has 18 heavy (non-hydrogen) atoms. The van der Waals surface area contributed by atoms with E-state index in [-0.39, 0.29) is 5.92 Å². The van der Waals surface area contributed by atoms with E-state index < -0.39 is 20.7 Å². The zero-order valence-corrected chi connectivity index (χ0v) is 12.4. The average molecular weight is 274 g/mol. The minimum atomic E-state index is -3.13. The fourth-order valence-corrected chi connectivity index (χ4v) is 5.75. The van der Waals surface area contributed by atoms with Crippen LogP contribution in [-0.2, 0) is 9.84 Å². The van der Waals surface area contributed by atoms with Crippen LogP contribution in [0.2, 0.25) is 0 Å². The maximum atomic E-state index is 11.9. The minimum Gasteiger partial charge on any atom is -0.388 e. The molecular formula is C14H26O3S. The Morgan fingerprint density at radius 2 is 1.78 bits per heavy atom. The third-order valence-electron chi connectivity index (χ3n) is 5.25. The molecule has 0 radical (unpaired) electrons. The van der Waals surface area contributed by atoms with E-state index in [0.29, 0.717) is 12.8 Å². The lowest BCUT2D eigenvalue weighted by molar-refractivity contribution is -0.0295. The van der Waals surface area contributed by atoms with Crippen molar-refractivity contribution in [2.24, 2.45) is 11.8 Å². The molecule has 0 aromatic heterocycles. The summed E-state index contributed by atoms with van der Waals surface area (Å²) >= 11 is 0. The normalized spacial score (nSPS) is 42.1. The van der Waals surface area contributed by atoms with Crippen molar-refractivity contribution in [3.05, 3.63) is 0 Å². The van der Waals surface area contributed by atoms with Gasteiger partial charge >= 0.3 is 0 Å². The predicted octanol–water partition coefficient (Wildman–Crippen LogP) is 2.53. The molecule has 2 saturated carbocycles. The lowest BCUT2D eigenvalue weighted by Gasteiger charge is -2.41. The van der Waals surface area contributed by atoms with Crippen molar-refractivity contribution in [3.63, 3.8) is 0 Å². The van der Waals surface area contributed by atoms with E-state index in [1.165, 1.54) is 12.7 Å². The number of hydrogen-bond acceptors (Lipinski definition) is 3. The summed E-state index contributed by atoms with van der Waals surface area (Å²) in [5, 5.41) is 10.4. The maximum absolute atomic E-state index is 11.9. The fraction of sp³-hybridized carbons (Fsp3) is 1.00. The summed E-state index contributed by atoms with van der Waals surface area (Å²) in [6.07, 6.45) is 8.96. The third kappa shape index (κ3) is 2.60. The molecule has 2 atom stereocenters. The predicted molar refractivity (Wildman–Crippen MR) is 73.2 cm³/mol. The van der Waals surface area contributed by atoms with Crippen LogP contribution in [0.15, 0.2) is 0 Å². The van der Waals surface area contributed by atoms with Gasteiger partial charge in [0.05, 0.1) is 10.9 Å². The molecule has 2 fully saturated rings. The number of sulfone groups is 1. The Bertz CT molecular complexity index is 382. The van der Waals surface area contributed by atoms with Crippen molar-refractivity contribution in [1.29, 1.82) is 0 Å². The van der Waals surface area contributed by atoms with Crippen LogP contribution in [0.5, 0.6) is 0 Å². The summed E-state index contributed by atoms with van der Waals surface area (Å²) in [6.45, 7) is 2.22. The van der Waals surface area contributed by atoms with Crippen molar-refractivity contribution >= 4 is 9.84 Å². The van der Waals surface area contributed by atoms with Gasteiger partial charge in [-0.1, -0.05) is 26.2 Å². The van der Waals surface area contributed by atoms with Crippen LogP contribution < -0.4 is 0 Å². The summed E-state index contributed by atoms with van der Waals surface area (Å²) in [5.74, 6) is 0.977. The summed E-state index contributed by atoms with van der Waals surface area (Å²) < 4.78 is 23.7. The van der Waals surface area contributed by atoms with Gasteiger partial charge in [-0.3, -0.25) is 0 Å². The van der Waals surface area contributed by atoms with Crippen molar-refractivity contribution < 1.29 is 13.5 Å². The van der Waals surface area contributed by atoms with Gasteiger partial charge in [0.25, 0.3) is 0 Å². The largest absolute Gasteiger partial charge is 0.388 e. The lowest BCUT2D eigenvalue weighted by Crippen LogP contribution is -2.49. The van der Waals surface area contributed by atoms with E-state index in [4.69, 9.17) is 0 Å². The van der Waals surface area contributed by atoms with E-state index in [9.17, 15) is 13.5 Å². The van der Waals surface area contributed by atoms with Gasteiger partial charge in [-0.05, 0) is 43.9 Å². The number of aliphatic hydroxyl groups is 1. The molecule has 4 heteroatoms. The molecule has 2 aliphatic carbocycles. The summed E-state index contributed by atoms with van der Waals surface area (Å²) in [6, 6.07) is 0. The van der Waals surface area contributed by atoms with E-state index in [1.54, 1.807) is 0 Å². The molecule has 2 rings (SSSR count). The molecule has 0 saturated heterocycles. The van der Waals surface area contributed by atoms with E-state index in [2.05, 4.69) is 6.92 Å². The molecule has 2 unspecified atom stereocenters. The maximum Gasteiger partial charge on any atom is 0.153 e. The standard InChI is InChI=1S/C14H26O3S/c1-3-11-6-8-12(9-7-11)14(15)10-4-5-13(14)18(2,16)17/h11-13,15H,3-10H2,1-2H3. The van der Waals surface area contributed by atoms with Gasteiger partial charge in [0, 0.05) is 6.26 Å². The average Bonchev–Trinajstić information content (AvgIpc) is 2.72. The van der Waals surface area contributed by atoms with Crippen molar-refractivity contribution in [2.75, 3.05) is 6.26 Å². The molecule has 0 amide bonds. The topological polar surface area (TPSA) is 54.4 Å². The molecule has 0 aliphatic heterocycles. The van der Waals surface area contributed by atoms with Gasteiger partial charge in [-0.15, -0.1) is 0 Å². The van der Waals surface area contributed by atoms with E-state index in [1.807, 2.05) is 0 Å². The Hall–Kier alpha value is -0.0900. The first-order valence-electron chi connectivity index (χ1n) is 7.29. The SMILES string of the molecule is CCC1CCC(C2(O)CCCC2S(C)(=O)=O)CC1. The highest BCUT2D eigenvalue weighted by molar-refractivity contribution is 7.91. The Labute approximate surface area is 111 Å². The van der Waals surface area contributed by atoms with Gasteiger partial charge in [0.2, 0.25) is 0 Å². The zero-order valence-electron chi connectivity index (χ0n) is 11.6. The second-order valence-corrected chi connectivity index (χ2v) is 8.56. The van der Waals surface area contributed by atoms with Gasteiger partial charge in [-0.2, -0.15) is 0 Å². The molecule has 2 aliphatic rings. The van der Waals surface area contributed by atoms with E-state index >= 15 is 0 Å². The van der Waals surface area contributed by atoms with Crippen LogP contribution in [0.1, 0.15) is 58.3 Å². The first kappa shape index (κ1) is 14.3. The first-order chi connectivity index (χ1) is 8.38. The molecule has 0 heterocycles. The molecule has 1 N–H and O–H groups in total. The first-order valence-corrected chi connectivity index (χ1v) is 9.24. The second-order valence-electron chi connectivity index (χ2n) is 6.33. The van der Waals surface area contributed by atoms with Crippen LogP contribution in [-0.4, -0.2) is 30.6 Å². The lowest BCUT2D eigenvalue weighted by atomic mass is 9.72. The molecule has 0 bridgehead atoms. The van der Waals surface area contributed by atoms with Crippen molar-refractivity contribution in [1.82, 2.24) is 0 Å². The summed E-state index contributed by atoms with van der Waals surface area (Å²) in [4.78, 5) is 0. The number of hydrogen-bond donors (Lipinski definition) is 1. The smallest absolute Gasteiger partial charge is 0.153 e. The highest BCUT2D eigenvalue weighted by Gasteiger charge is 2.51.